The molecule has 2 rings (SSSR count). The molecule has 6 nitrogen and oxygen atoms in total. The Morgan fingerprint density at radius 2 is 2.29 bits per heavy atom. The van der Waals surface area contributed by atoms with E-state index in [1.54, 1.807) is 11.7 Å². The fraction of sp³-hybridized carbons (Fsp3) is 0.222. The molecule has 3 N–H and O–H groups in total. The number of nitrogens with two attached hydrogens (primary N) is 1. The predicted molar refractivity (Wildman–Crippen MR) is 61.9 cm³/mol. The van der Waals surface area contributed by atoms with Crippen LogP contribution in [-0.2, 0) is 7.05 Å². The first-order chi connectivity index (χ1) is 8.10. The summed E-state index contributed by atoms with van der Waals surface area (Å²) < 4.78 is 15.1. The van der Waals surface area contributed by atoms with Crippen molar-refractivity contribution in [3.05, 3.63) is 23.8 Å². The highest BCUT2D eigenvalue weighted by Gasteiger charge is 2.11. The highest BCUT2D eigenvalue weighted by molar-refractivity contribution is 7.99. The van der Waals surface area contributed by atoms with Crippen molar-refractivity contribution in [1.29, 1.82) is 0 Å². The van der Waals surface area contributed by atoms with Gasteiger partial charge in [-0.25, -0.2) is 20.2 Å². The average molecular weight is 254 g/mol. The van der Waals surface area contributed by atoms with E-state index in [-0.39, 0.29) is 11.0 Å². The molecule has 0 spiro atoms. The normalized spacial score (nSPS) is 10.6. The standard InChI is InChI=1S/C9H11FN6S/c1-5-3-7(16(2)15-5)17-8-6(10)4-12-9(13-8)14-11/h3-4H,11H2,1-2H3,(H,12,13,14). The van der Waals surface area contributed by atoms with E-state index in [0.717, 1.165) is 16.9 Å². The Balaban J connectivity index is 2.32. The molecule has 0 atom stereocenters. The largest absolute Gasteiger partial charge is 0.292 e. The fourth-order valence-corrected chi connectivity index (χ4v) is 2.16. The molecule has 0 aliphatic rings. The van der Waals surface area contributed by atoms with Gasteiger partial charge >= 0.3 is 0 Å². The van der Waals surface area contributed by atoms with Gasteiger partial charge in [0, 0.05) is 7.05 Å². The lowest BCUT2D eigenvalue weighted by atomic mass is 10.5. The van der Waals surface area contributed by atoms with Crippen molar-refractivity contribution in [3.8, 4) is 0 Å². The Kier molecular flexibility index (Phi) is 3.25. The van der Waals surface area contributed by atoms with E-state index in [1.807, 2.05) is 13.0 Å². The first-order valence-electron chi connectivity index (χ1n) is 4.78. The van der Waals surface area contributed by atoms with Gasteiger partial charge in [-0.3, -0.25) is 10.1 Å². The van der Waals surface area contributed by atoms with Crippen LogP contribution in [0.2, 0.25) is 0 Å². The fourth-order valence-electron chi connectivity index (χ4n) is 1.27. The molecule has 0 fully saturated rings. The second-order valence-electron chi connectivity index (χ2n) is 3.34. The van der Waals surface area contributed by atoms with Crippen LogP contribution >= 0.6 is 11.8 Å². The molecule has 0 aromatic carbocycles. The van der Waals surface area contributed by atoms with Crippen LogP contribution in [0.15, 0.2) is 22.3 Å². The third-order valence-electron chi connectivity index (χ3n) is 2.00. The molecule has 0 saturated carbocycles. The molecular formula is C9H11FN6S. The maximum absolute atomic E-state index is 13.5. The number of hydrazine groups is 1. The van der Waals surface area contributed by atoms with Crippen molar-refractivity contribution in [2.45, 2.75) is 17.0 Å². The van der Waals surface area contributed by atoms with E-state index in [9.17, 15) is 4.39 Å². The zero-order valence-electron chi connectivity index (χ0n) is 9.31. The van der Waals surface area contributed by atoms with Crippen molar-refractivity contribution in [3.63, 3.8) is 0 Å². The summed E-state index contributed by atoms with van der Waals surface area (Å²) in [6.07, 6.45) is 1.08. The Hall–Kier alpha value is -1.67. The number of nitrogens with zero attached hydrogens (tertiary/aromatic N) is 4. The van der Waals surface area contributed by atoms with E-state index in [1.165, 1.54) is 11.8 Å². The van der Waals surface area contributed by atoms with Gasteiger partial charge in [0.2, 0.25) is 5.95 Å². The third-order valence-corrected chi connectivity index (χ3v) is 3.07. The van der Waals surface area contributed by atoms with Crippen LogP contribution in [0.1, 0.15) is 5.69 Å². The zero-order valence-corrected chi connectivity index (χ0v) is 10.1. The predicted octanol–water partition coefficient (Wildman–Crippen LogP) is 1.09. The Morgan fingerprint density at radius 1 is 1.53 bits per heavy atom. The minimum Gasteiger partial charge on any atom is -0.292 e. The SMILES string of the molecule is Cc1cc(Sc2nc(NN)ncc2F)n(C)n1. The van der Waals surface area contributed by atoms with Crippen molar-refractivity contribution < 1.29 is 4.39 Å². The van der Waals surface area contributed by atoms with Crippen LogP contribution in [0.4, 0.5) is 10.3 Å². The summed E-state index contributed by atoms with van der Waals surface area (Å²) in [6, 6.07) is 1.85. The summed E-state index contributed by atoms with van der Waals surface area (Å²) in [7, 11) is 1.79. The van der Waals surface area contributed by atoms with E-state index >= 15 is 0 Å². The van der Waals surface area contributed by atoms with E-state index in [4.69, 9.17) is 5.84 Å². The van der Waals surface area contributed by atoms with Gasteiger partial charge in [-0.05, 0) is 24.8 Å². The van der Waals surface area contributed by atoms with Crippen LogP contribution < -0.4 is 11.3 Å². The number of nitrogens with one attached hydrogen (secondary N) is 1. The first-order valence-corrected chi connectivity index (χ1v) is 5.59. The quantitative estimate of drug-likeness (QED) is 0.485. The highest BCUT2D eigenvalue weighted by atomic mass is 32.2. The van der Waals surface area contributed by atoms with E-state index in [2.05, 4.69) is 20.5 Å². The molecule has 8 heteroatoms. The van der Waals surface area contributed by atoms with Crippen molar-refractivity contribution in [2.24, 2.45) is 12.9 Å². The maximum atomic E-state index is 13.5. The summed E-state index contributed by atoms with van der Waals surface area (Å²) in [5, 5.41) is 5.17. The van der Waals surface area contributed by atoms with Gasteiger partial charge in [-0.1, -0.05) is 0 Å². The highest BCUT2D eigenvalue weighted by Crippen LogP contribution is 2.28. The number of aryl methyl sites for hydroxylation is 2. The topological polar surface area (TPSA) is 81.6 Å². The minimum atomic E-state index is -0.493. The minimum absolute atomic E-state index is 0.174. The molecule has 0 unspecified atom stereocenters. The van der Waals surface area contributed by atoms with Gasteiger partial charge in [0.25, 0.3) is 0 Å². The number of hydrogen-bond acceptors (Lipinski definition) is 6. The molecule has 17 heavy (non-hydrogen) atoms. The van der Waals surface area contributed by atoms with Crippen molar-refractivity contribution >= 4 is 17.7 Å². The van der Waals surface area contributed by atoms with Crippen molar-refractivity contribution in [1.82, 2.24) is 19.7 Å². The first kappa shape index (κ1) is 11.8. The third kappa shape index (κ3) is 2.53. The Labute approximate surface area is 101 Å². The lowest BCUT2D eigenvalue weighted by Gasteiger charge is -2.04. The lowest BCUT2D eigenvalue weighted by Crippen LogP contribution is -2.11. The molecule has 0 radical (unpaired) electrons. The maximum Gasteiger partial charge on any atom is 0.238 e. The van der Waals surface area contributed by atoms with Crippen LogP contribution in [0, 0.1) is 12.7 Å². The number of nitrogen functional groups attached to an aromatic ring is 1. The molecule has 0 bridgehead atoms. The molecule has 2 aromatic heterocycles. The molecule has 2 heterocycles. The Bertz CT molecular complexity index is 540. The number of halogens is 1. The van der Waals surface area contributed by atoms with Crippen molar-refractivity contribution in [2.75, 3.05) is 5.43 Å². The van der Waals surface area contributed by atoms with E-state index in [0.29, 0.717) is 0 Å². The van der Waals surface area contributed by atoms with E-state index < -0.39 is 5.82 Å². The molecule has 90 valence electrons. The summed E-state index contributed by atoms with van der Waals surface area (Å²) >= 11 is 1.17. The van der Waals surface area contributed by atoms with Crippen LogP contribution in [0.25, 0.3) is 0 Å². The van der Waals surface area contributed by atoms with Gasteiger partial charge in [-0.2, -0.15) is 5.10 Å². The van der Waals surface area contributed by atoms with Gasteiger partial charge in [-0.15, -0.1) is 0 Å². The molecule has 0 aliphatic heterocycles. The Morgan fingerprint density at radius 3 is 2.88 bits per heavy atom. The van der Waals surface area contributed by atoms with Crippen LogP contribution in [0.5, 0.6) is 0 Å². The monoisotopic (exact) mass is 254 g/mol. The second kappa shape index (κ2) is 4.68. The lowest BCUT2D eigenvalue weighted by molar-refractivity contribution is 0.579. The molecule has 2 aromatic rings. The number of aromatic nitrogens is 4. The van der Waals surface area contributed by atoms with Gasteiger partial charge < -0.3 is 0 Å². The zero-order chi connectivity index (χ0) is 12.4. The summed E-state index contributed by atoms with van der Waals surface area (Å²) in [5.74, 6) is 4.85. The van der Waals surface area contributed by atoms with Gasteiger partial charge in [0.1, 0.15) is 10.1 Å². The molecule has 0 aliphatic carbocycles. The molecule has 0 saturated heterocycles. The molecular weight excluding hydrogens is 243 g/mol. The number of rotatable bonds is 3. The van der Waals surface area contributed by atoms with Gasteiger partial charge in [0.15, 0.2) is 5.82 Å². The summed E-state index contributed by atoms with van der Waals surface area (Å²) in [6.45, 7) is 1.87. The average Bonchev–Trinajstić information content (AvgIpc) is 2.60. The van der Waals surface area contributed by atoms with Gasteiger partial charge in [0.05, 0.1) is 11.9 Å². The second-order valence-corrected chi connectivity index (χ2v) is 4.35. The number of hydrogen-bond donors (Lipinski definition) is 2. The summed E-state index contributed by atoms with van der Waals surface area (Å²) in [5.41, 5.74) is 3.14. The molecule has 0 amide bonds. The van der Waals surface area contributed by atoms with Crippen LogP contribution in [0.3, 0.4) is 0 Å². The summed E-state index contributed by atoms with van der Waals surface area (Å²) in [4.78, 5) is 7.60. The number of anilines is 1. The van der Waals surface area contributed by atoms with Crippen LogP contribution in [-0.4, -0.2) is 19.7 Å². The smallest absolute Gasteiger partial charge is 0.238 e.